The lowest BCUT2D eigenvalue weighted by Gasteiger charge is -2.34. The fraction of sp³-hybridized carbons (Fsp3) is 0.562. The summed E-state index contributed by atoms with van der Waals surface area (Å²) in [4.78, 5) is 12.5. The standard InChI is InChI=1S/C16H23FN2O4/c1-21-8-9-23-14-3-2-12(10-13(14)17)19-15(20)16(11-18)4-6-22-7-5-16/h2-3,10H,4-9,11,18H2,1H3,(H,19,20). The summed E-state index contributed by atoms with van der Waals surface area (Å²) in [7, 11) is 1.54. The molecule has 1 amide bonds. The van der Waals surface area contributed by atoms with Gasteiger partial charge in [-0.05, 0) is 25.0 Å². The normalized spacial score (nSPS) is 16.8. The first-order valence-electron chi connectivity index (χ1n) is 7.62. The van der Waals surface area contributed by atoms with Gasteiger partial charge in [0.2, 0.25) is 5.91 Å². The van der Waals surface area contributed by atoms with Crippen LogP contribution < -0.4 is 15.8 Å². The zero-order chi connectivity index (χ0) is 16.7. The number of anilines is 1. The van der Waals surface area contributed by atoms with Crippen molar-refractivity contribution in [2.45, 2.75) is 12.8 Å². The first kappa shape index (κ1) is 17.7. The number of ether oxygens (including phenoxy) is 3. The van der Waals surface area contributed by atoms with Gasteiger partial charge in [0, 0.05) is 38.6 Å². The average molecular weight is 326 g/mol. The van der Waals surface area contributed by atoms with E-state index in [-0.39, 0.29) is 24.8 Å². The molecule has 1 heterocycles. The topological polar surface area (TPSA) is 82.8 Å². The lowest BCUT2D eigenvalue weighted by atomic mass is 9.79. The number of carbonyl (C=O) groups excluding carboxylic acids is 1. The number of hydrogen-bond acceptors (Lipinski definition) is 5. The van der Waals surface area contributed by atoms with Crippen molar-refractivity contribution in [2.75, 3.05) is 45.4 Å². The highest BCUT2D eigenvalue weighted by Gasteiger charge is 2.38. The molecule has 1 saturated heterocycles. The maximum absolute atomic E-state index is 14.0. The molecule has 0 radical (unpaired) electrons. The minimum atomic E-state index is -0.650. The van der Waals surface area contributed by atoms with Crippen LogP contribution in [0.5, 0.6) is 5.75 Å². The van der Waals surface area contributed by atoms with Crippen LogP contribution in [0.4, 0.5) is 10.1 Å². The van der Waals surface area contributed by atoms with Gasteiger partial charge in [-0.2, -0.15) is 0 Å². The largest absolute Gasteiger partial charge is 0.488 e. The molecule has 3 N–H and O–H groups in total. The minimum Gasteiger partial charge on any atom is -0.488 e. The average Bonchev–Trinajstić information content (AvgIpc) is 2.57. The molecule has 0 atom stereocenters. The monoisotopic (exact) mass is 326 g/mol. The molecule has 0 aromatic heterocycles. The van der Waals surface area contributed by atoms with Crippen molar-refractivity contribution in [1.29, 1.82) is 0 Å². The number of amides is 1. The van der Waals surface area contributed by atoms with E-state index < -0.39 is 11.2 Å². The van der Waals surface area contributed by atoms with Gasteiger partial charge in [-0.15, -0.1) is 0 Å². The molecule has 128 valence electrons. The Morgan fingerprint density at radius 2 is 2.13 bits per heavy atom. The Bertz CT molecular complexity index is 533. The van der Waals surface area contributed by atoms with Crippen molar-refractivity contribution < 1.29 is 23.4 Å². The van der Waals surface area contributed by atoms with Gasteiger partial charge in [0.1, 0.15) is 6.61 Å². The summed E-state index contributed by atoms with van der Waals surface area (Å²) in [5, 5.41) is 2.74. The molecule has 1 aromatic carbocycles. The Balaban J connectivity index is 2.01. The molecule has 23 heavy (non-hydrogen) atoms. The maximum Gasteiger partial charge on any atom is 0.232 e. The SMILES string of the molecule is COCCOc1ccc(NC(=O)C2(CN)CCOCC2)cc1F. The predicted octanol–water partition coefficient (Wildman–Crippen LogP) is 1.54. The van der Waals surface area contributed by atoms with E-state index in [2.05, 4.69) is 5.32 Å². The molecule has 2 rings (SSSR count). The molecule has 1 aliphatic rings. The van der Waals surface area contributed by atoms with Crippen molar-refractivity contribution in [2.24, 2.45) is 11.1 Å². The smallest absolute Gasteiger partial charge is 0.232 e. The third-order valence-corrected chi connectivity index (χ3v) is 4.06. The van der Waals surface area contributed by atoms with E-state index in [9.17, 15) is 9.18 Å². The molecule has 1 aromatic rings. The van der Waals surface area contributed by atoms with Gasteiger partial charge in [0.25, 0.3) is 0 Å². The second-order valence-electron chi connectivity index (χ2n) is 5.54. The summed E-state index contributed by atoms with van der Waals surface area (Å²) >= 11 is 0. The molecular weight excluding hydrogens is 303 g/mol. The molecule has 1 aliphatic heterocycles. The summed E-state index contributed by atoms with van der Waals surface area (Å²) < 4.78 is 29.4. The van der Waals surface area contributed by atoms with Crippen LogP contribution in [0.1, 0.15) is 12.8 Å². The van der Waals surface area contributed by atoms with Gasteiger partial charge >= 0.3 is 0 Å². The van der Waals surface area contributed by atoms with Gasteiger partial charge in [-0.25, -0.2) is 4.39 Å². The zero-order valence-electron chi connectivity index (χ0n) is 13.3. The summed E-state index contributed by atoms with van der Waals surface area (Å²) in [6.45, 7) is 1.88. The van der Waals surface area contributed by atoms with Gasteiger partial charge in [0.05, 0.1) is 12.0 Å². The first-order valence-corrected chi connectivity index (χ1v) is 7.62. The van der Waals surface area contributed by atoms with E-state index >= 15 is 0 Å². The first-order chi connectivity index (χ1) is 11.1. The molecule has 0 aliphatic carbocycles. The number of rotatable bonds is 7. The maximum atomic E-state index is 14.0. The lowest BCUT2D eigenvalue weighted by molar-refractivity contribution is -0.130. The fourth-order valence-electron chi connectivity index (χ4n) is 2.48. The van der Waals surface area contributed by atoms with Crippen molar-refractivity contribution in [3.8, 4) is 5.75 Å². The summed E-state index contributed by atoms with van der Waals surface area (Å²) in [6, 6.07) is 4.33. The molecule has 0 bridgehead atoms. The number of nitrogens with two attached hydrogens (primary N) is 1. The lowest BCUT2D eigenvalue weighted by Crippen LogP contribution is -2.46. The Morgan fingerprint density at radius 1 is 1.39 bits per heavy atom. The van der Waals surface area contributed by atoms with Crippen molar-refractivity contribution in [1.82, 2.24) is 0 Å². The molecular formula is C16H23FN2O4. The Kier molecular flexibility index (Phi) is 6.32. The molecule has 6 nitrogen and oxygen atoms in total. The van der Waals surface area contributed by atoms with E-state index in [0.29, 0.717) is 38.3 Å². The van der Waals surface area contributed by atoms with E-state index in [4.69, 9.17) is 19.9 Å². The molecule has 1 fully saturated rings. The molecule has 0 saturated carbocycles. The van der Waals surface area contributed by atoms with Gasteiger partial charge in [0.15, 0.2) is 11.6 Å². The van der Waals surface area contributed by atoms with Crippen LogP contribution >= 0.6 is 0 Å². The highest BCUT2D eigenvalue weighted by Crippen LogP contribution is 2.31. The van der Waals surface area contributed by atoms with Crippen LogP contribution in [0.2, 0.25) is 0 Å². The summed E-state index contributed by atoms with van der Waals surface area (Å²) in [6.07, 6.45) is 1.13. The number of hydrogen-bond donors (Lipinski definition) is 2. The number of benzene rings is 1. The summed E-state index contributed by atoms with van der Waals surface area (Å²) in [5.41, 5.74) is 5.52. The van der Waals surface area contributed by atoms with Crippen LogP contribution in [-0.2, 0) is 14.3 Å². The highest BCUT2D eigenvalue weighted by atomic mass is 19.1. The highest BCUT2D eigenvalue weighted by molar-refractivity contribution is 5.95. The zero-order valence-corrected chi connectivity index (χ0v) is 13.3. The number of nitrogens with one attached hydrogen (secondary N) is 1. The van der Waals surface area contributed by atoms with Gasteiger partial charge in [-0.1, -0.05) is 0 Å². The quantitative estimate of drug-likeness (QED) is 0.743. The molecule has 0 unspecified atom stereocenters. The third-order valence-electron chi connectivity index (χ3n) is 4.06. The number of carbonyl (C=O) groups is 1. The summed E-state index contributed by atoms with van der Waals surface area (Å²) in [5.74, 6) is -0.608. The Labute approximate surface area is 135 Å². The molecule has 7 heteroatoms. The fourth-order valence-corrected chi connectivity index (χ4v) is 2.48. The second-order valence-corrected chi connectivity index (χ2v) is 5.54. The van der Waals surface area contributed by atoms with Crippen molar-refractivity contribution >= 4 is 11.6 Å². The predicted molar refractivity (Wildman–Crippen MR) is 83.9 cm³/mol. The molecule has 0 spiro atoms. The second kappa shape index (κ2) is 8.24. The van der Waals surface area contributed by atoms with Crippen LogP contribution in [0.15, 0.2) is 18.2 Å². The minimum absolute atomic E-state index is 0.125. The van der Waals surface area contributed by atoms with Crippen LogP contribution in [-0.4, -0.2) is 46.0 Å². The van der Waals surface area contributed by atoms with E-state index in [1.165, 1.54) is 12.1 Å². The number of methoxy groups -OCH3 is 1. The Morgan fingerprint density at radius 3 is 2.74 bits per heavy atom. The van der Waals surface area contributed by atoms with E-state index in [1.54, 1.807) is 13.2 Å². The van der Waals surface area contributed by atoms with Gasteiger partial charge < -0.3 is 25.3 Å². The Hall–Kier alpha value is -1.70. The van der Waals surface area contributed by atoms with Crippen LogP contribution in [0.3, 0.4) is 0 Å². The number of halogens is 1. The third kappa shape index (κ3) is 4.40. The van der Waals surface area contributed by atoms with Crippen molar-refractivity contribution in [3.05, 3.63) is 24.0 Å². The van der Waals surface area contributed by atoms with E-state index in [1.807, 2.05) is 0 Å². The van der Waals surface area contributed by atoms with Crippen LogP contribution in [0, 0.1) is 11.2 Å². The van der Waals surface area contributed by atoms with Crippen LogP contribution in [0.25, 0.3) is 0 Å². The van der Waals surface area contributed by atoms with E-state index in [0.717, 1.165) is 0 Å². The van der Waals surface area contributed by atoms with Gasteiger partial charge in [-0.3, -0.25) is 4.79 Å². The van der Waals surface area contributed by atoms with Crippen molar-refractivity contribution in [3.63, 3.8) is 0 Å².